The third kappa shape index (κ3) is 2.80. The van der Waals surface area contributed by atoms with Crippen molar-refractivity contribution < 1.29 is 14.7 Å². The van der Waals surface area contributed by atoms with Crippen molar-refractivity contribution in [1.82, 2.24) is 9.38 Å². The van der Waals surface area contributed by atoms with E-state index in [-0.39, 0.29) is 16.9 Å². The van der Waals surface area contributed by atoms with E-state index >= 15 is 0 Å². The molecule has 7 heteroatoms. The monoisotopic (exact) mass is 309 g/mol. The van der Waals surface area contributed by atoms with Crippen LogP contribution in [0.4, 0.5) is 5.69 Å². The quantitative estimate of drug-likeness (QED) is 0.766. The minimum Gasteiger partial charge on any atom is -0.478 e. The normalized spacial score (nSPS) is 10.4. The summed E-state index contributed by atoms with van der Waals surface area (Å²) < 4.78 is 1.09. The summed E-state index contributed by atoms with van der Waals surface area (Å²) in [7, 11) is 0. The summed E-state index contributed by atoms with van der Waals surface area (Å²) in [4.78, 5) is 39.5. The fourth-order valence-electron chi connectivity index (χ4n) is 2.07. The van der Waals surface area contributed by atoms with Gasteiger partial charge in [0.25, 0.3) is 11.5 Å². The molecule has 0 saturated heterocycles. The average molecular weight is 309 g/mol. The number of fused-ring (bicyclic) bond motifs is 1. The number of anilines is 1. The van der Waals surface area contributed by atoms with E-state index in [1.54, 1.807) is 30.3 Å². The Morgan fingerprint density at radius 1 is 1.04 bits per heavy atom. The molecule has 0 saturated carbocycles. The van der Waals surface area contributed by atoms with Gasteiger partial charge in [-0.1, -0.05) is 18.2 Å². The van der Waals surface area contributed by atoms with E-state index < -0.39 is 17.4 Å². The van der Waals surface area contributed by atoms with Crippen molar-refractivity contribution in [3.05, 3.63) is 76.3 Å². The number of nitrogens with zero attached hydrogens (tertiary/aromatic N) is 2. The zero-order valence-corrected chi connectivity index (χ0v) is 11.8. The van der Waals surface area contributed by atoms with E-state index in [9.17, 15) is 14.4 Å². The fourth-order valence-corrected chi connectivity index (χ4v) is 2.07. The molecule has 7 nitrogen and oxygen atoms in total. The van der Waals surface area contributed by atoms with E-state index in [2.05, 4.69) is 10.3 Å². The largest absolute Gasteiger partial charge is 0.478 e. The predicted molar refractivity (Wildman–Crippen MR) is 82.8 cm³/mol. The van der Waals surface area contributed by atoms with Gasteiger partial charge in [0.05, 0.1) is 11.8 Å². The van der Waals surface area contributed by atoms with E-state index in [0.29, 0.717) is 5.56 Å². The smallest absolute Gasteiger partial charge is 0.337 e. The second-order valence-electron chi connectivity index (χ2n) is 4.75. The third-order valence-corrected chi connectivity index (χ3v) is 3.23. The standard InChI is InChI=1S/C16H11N3O4/c20-14(10-4-2-1-3-5-10)18-12-8-17-13-7-6-11(16(22)23)9-19(13)15(12)21/h1-9H,(H,18,20)(H,22,23). The lowest BCUT2D eigenvalue weighted by atomic mass is 10.2. The molecule has 0 bridgehead atoms. The van der Waals surface area contributed by atoms with Crippen LogP contribution in [0.25, 0.3) is 5.65 Å². The van der Waals surface area contributed by atoms with Crippen molar-refractivity contribution in [3.63, 3.8) is 0 Å². The molecule has 3 aromatic rings. The van der Waals surface area contributed by atoms with Crippen LogP contribution in [0.3, 0.4) is 0 Å². The van der Waals surface area contributed by atoms with Crippen molar-refractivity contribution in [2.24, 2.45) is 0 Å². The number of hydrogen-bond acceptors (Lipinski definition) is 4. The van der Waals surface area contributed by atoms with Crippen LogP contribution in [-0.2, 0) is 0 Å². The number of nitrogens with one attached hydrogen (secondary N) is 1. The molecule has 0 fully saturated rings. The van der Waals surface area contributed by atoms with Crippen LogP contribution in [0.15, 0.2) is 59.7 Å². The molecular formula is C16H11N3O4. The van der Waals surface area contributed by atoms with Gasteiger partial charge in [0, 0.05) is 11.8 Å². The van der Waals surface area contributed by atoms with Crippen LogP contribution < -0.4 is 10.9 Å². The van der Waals surface area contributed by atoms with Gasteiger partial charge in [-0.15, -0.1) is 0 Å². The number of carbonyl (C=O) groups excluding carboxylic acids is 1. The number of carboxylic acid groups (broad SMARTS) is 1. The summed E-state index contributed by atoms with van der Waals surface area (Å²) in [6, 6.07) is 11.2. The van der Waals surface area contributed by atoms with Gasteiger partial charge in [0.2, 0.25) is 0 Å². The number of pyridine rings is 1. The van der Waals surface area contributed by atoms with Crippen molar-refractivity contribution in [3.8, 4) is 0 Å². The van der Waals surface area contributed by atoms with E-state index in [1.165, 1.54) is 24.5 Å². The fraction of sp³-hybridized carbons (Fsp3) is 0. The number of amides is 1. The second-order valence-corrected chi connectivity index (χ2v) is 4.75. The van der Waals surface area contributed by atoms with Crippen molar-refractivity contribution in [2.45, 2.75) is 0 Å². The minimum absolute atomic E-state index is 0.0288. The molecular weight excluding hydrogens is 298 g/mol. The highest BCUT2D eigenvalue weighted by Crippen LogP contribution is 2.07. The van der Waals surface area contributed by atoms with Crippen molar-refractivity contribution in [2.75, 3.05) is 5.32 Å². The van der Waals surface area contributed by atoms with Crippen LogP contribution in [0.2, 0.25) is 0 Å². The van der Waals surface area contributed by atoms with Crippen molar-refractivity contribution >= 4 is 23.2 Å². The lowest BCUT2D eigenvalue weighted by Crippen LogP contribution is -2.23. The zero-order chi connectivity index (χ0) is 16.4. The first-order valence-corrected chi connectivity index (χ1v) is 6.67. The molecule has 3 rings (SSSR count). The molecule has 1 amide bonds. The Bertz CT molecular complexity index is 964. The highest BCUT2D eigenvalue weighted by molar-refractivity contribution is 6.04. The molecule has 114 valence electrons. The Morgan fingerprint density at radius 2 is 1.78 bits per heavy atom. The molecule has 0 unspecified atom stereocenters. The summed E-state index contributed by atoms with van der Waals surface area (Å²) in [6.07, 6.45) is 2.42. The number of rotatable bonds is 3. The molecule has 0 atom stereocenters. The van der Waals surface area contributed by atoms with Gasteiger partial charge in [-0.25, -0.2) is 9.78 Å². The molecule has 1 aromatic carbocycles. The first-order valence-electron chi connectivity index (χ1n) is 6.67. The Hall–Kier alpha value is -3.48. The van der Waals surface area contributed by atoms with Crippen LogP contribution in [-0.4, -0.2) is 26.4 Å². The van der Waals surface area contributed by atoms with Gasteiger partial charge < -0.3 is 10.4 Å². The Morgan fingerprint density at radius 3 is 2.48 bits per heavy atom. The predicted octanol–water partition coefficient (Wildman–Crippen LogP) is 1.64. The number of carboxylic acids is 1. The Kier molecular flexibility index (Phi) is 3.60. The summed E-state index contributed by atoms with van der Waals surface area (Å²) in [5.41, 5.74) is 0.0585. The van der Waals surface area contributed by atoms with Gasteiger partial charge in [0.1, 0.15) is 11.3 Å². The first-order chi connectivity index (χ1) is 11.1. The number of aromatic nitrogens is 2. The Balaban J connectivity index is 2.02. The first kappa shape index (κ1) is 14.5. The van der Waals surface area contributed by atoms with Gasteiger partial charge in [-0.2, -0.15) is 0 Å². The molecule has 0 spiro atoms. The molecule has 0 aliphatic heterocycles. The molecule has 23 heavy (non-hydrogen) atoms. The van der Waals surface area contributed by atoms with E-state index in [4.69, 9.17) is 5.11 Å². The summed E-state index contributed by atoms with van der Waals surface area (Å²) in [5.74, 6) is -1.60. The lowest BCUT2D eigenvalue weighted by molar-refractivity contribution is 0.0696. The molecule has 0 radical (unpaired) electrons. The van der Waals surface area contributed by atoms with Crippen LogP contribution >= 0.6 is 0 Å². The number of carbonyl (C=O) groups is 2. The van der Waals surface area contributed by atoms with Crippen LogP contribution in [0.1, 0.15) is 20.7 Å². The van der Waals surface area contributed by atoms with E-state index in [0.717, 1.165) is 4.40 Å². The number of aromatic carboxylic acids is 1. The van der Waals surface area contributed by atoms with Gasteiger partial charge in [-0.3, -0.25) is 14.0 Å². The van der Waals surface area contributed by atoms with Crippen LogP contribution in [0.5, 0.6) is 0 Å². The van der Waals surface area contributed by atoms with Crippen LogP contribution in [0, 0.1) is 0 Å². The maximum atomic E-state index is 12.4. The third-order valence-electron chi connectivity index (χ3n) is 3.23. The maximum Gasteiger partial charge on any atom is 0.337 e. The summed E-state index contributed by atoms with van der Waals surface area (Å²) in [6.45, 7) is 0. The molecule has 0 aliphatic carbocycles. The topological polar surface area (TPSA) is 101 Å². The van der Waals surface area contributed by atoms with Gasteiger partial charge in [-0.05, 0) is 24.3 Å². The maximum absolute atomic E-state index is 12.4. The summed E-state index contributed by atoms with van der Waals surface area (Å²) in [5, 5.41) is 11.5. The highest BCUT2D eigenvalue weighted by atomic mass is 16.4. The molecule has 2 heterocycles. The lowest BCUT2D eigenvalue weighted by Gasteiger charge is -2.07. The molecule has 2 N–H and O–H groups in total. The minimum atomic E-state index is -1.16. The zero-order valence-electron chi connectivity index (χ0n) is 11.8. The average Bonchev–Trinajstić information content (AvgIpc) is 2.58. The SMILES string of the molecule is O=C(O)c1ccc2ncc(NC(=O)c3ccccc3)c(=O)n2c1. The molecule has 2 aromatic heterocycles. The Labute approximate surface area is 129 Å². The van der Waals surface area contributed by atoms with Crippen molar-refractivity contribution in [1.29, 1.82) is 0 Å². The number of hydrogen-bond donors (Lipinski definition) is 2. The second kappa shape index (κ2) is 5.72. The summed E-state index contributed by atoms with van der Waals surface area (Å²) >= 11 is 0. The highest BCUT2D eigenvalue weighted by Gasteiger charge is 2.11. The molecule has 0 aliphatic rings. The van der Waals surface area contributed by atoms with Gasteiger partial charge in [0.15, 0.2) is 0 Å². The number of benzene rings is 1. The van der Waals surface area contributed by atoms with Gasteiger partial charge >= 0.3 is 5.97 Å². The van der Waals surface area contributed by atoms with E-state index in [1.807, 2.05) is 0 Å².